The van der Waals surface area contributed by atoms with Crippen LogP contribution in [-0.4, -0.2) is 26.4 Å². The molecule has 1 N–H and O–H groups in total. The van der Waals surface area contributed by atoms with E-state index in [9.17, 15) is 19.3 Å². The summed E-state index contributed by atoms with van der Waals surface area (Å²) in [4.78, 5) is 23.6. The van der Waals surface area contributed by atoms with Crippen molar-refractivity contribution in [3.05, 3.63) is 81.9 Å². The zero-order chi connectivity index (χ0) is 19.7. The van der Waals surface area contributed by atoms with Gasteiger partial charge in [0.15, 0.2) is 5.69 Å². The lowest BCUT2D eigenvalue weighted by Gasteiger charge is -2.25. The minimum Gasteiger partial charge on any atom is -0.344 e. The van der Waals surface area contributed by atoms with E-state index in [4.69, 9.17) is 0 Å². The van der Waals surface area contributed by atoms with Crippen LogP contribution in [0.25, 0.3) is 5.69 Å². The molecule has 2 aromatic carbocycles. The molecule has 2 heterocycles. The molecule has 0 spiro atoms. The molecule has 0 bridgehead atoms. The van der Waals surface area contributed by atoms with Gasteiger partial charge >= 0.3 is 0 Å². The van der Waals surface area contributed by atoms with Crippen molar-refractivity contribution in [2.75, 3.05) is 5.75 Å². The standard InChI is InChI=1S/C19H15FN4O3S/c20-15-6-2-5-14-16(8-10-28-18(14)15)21-19(25)17-7-9-23(22-17)12-3-1-4-13(11-12)24(26)27/h1-7,9,11,16H,8,10H2,(H,21,25). The van der Waals surface area contributed by atoms with Crippen LogP contribution in [0.2, 0.25) is 0 Å². The van der Waals surface area contributed by atoms with Crippen molar-refractivity contribution in [1.82, 2.24) is 15.1 Å². The van der Waals surface area contributed by atoms with Crippen LogP contribution in [0.1, 0.15) is 28.5 Å². The Morgan fingerprint density at radius 3 is 2.93 bits per heavy atom. The lowest BCUT2D eigenvalue weighted by Crippen LogP contribution is -2.31. The molecule has 1 aromatic heterocycles. The molecule has 3 aromatic rings. The number of thioether (sulfide) groups is 1. The number of nitro benzene ring substituents is 1. The number of fused-ring (bicyclic) bond motifs is 1. The summed E-state index contributed by atoms with van der Waals surface area (Å²) in [6.07, 6.45) is 2.26. The number of hydrogen-bond donors (Lipinski definition) is 1. The summed E-state index contributed by atoms with van der Waals surface area (Å²) in [6.45, 7) is 0. The minimum atomic E-state index is -0.488. The third-order valence-corrected chi connectivity index (χ3v) is 5.62. The Labute approximate surface area is 163 Å². The molecule has 28 heavy (non-hydrogen) atoms. The van der Waals surface area contributed by atoms with E-state index in [-0.39, 0.29) is 29.1 Å². The SMILES string of the molecule is O=C(NC1CCSc2c(F)cccc21)c1ccn(-c2cccc([N+](=O)[O-])c2)n1. The van der Waals surface area contributed by atoms with Crippen LogP contribution < -0.4 is 5.32 Å². The summed E-state index contributed by atoms with van der Waals surface area (Å²) < 4.78 is 15.4. The molecule has 7 nitrogen and oxygen atoms in total. The highest BCUT2D eigenvalue weighted by Gasteiger charge is 2.25. The van der Waals surface area contributed by atoms with Gasteiger partial charge in [0.2, 0.25) is 0 Å². The number of nitro groups is 1. The molecule has 1 aliphatic rings. The average molecular weight is 398 g/mol. The number of carbonyl (C=O) groups excluding carboxylic acids is 1. The molecule has 0 saturated heterocycles. The van der Waals surface area contributed by atoms with Crippen LogP contribution >= 0.6 is 11.8 Å². The minimum absolute atomic E-state index is 0.0580. The van der Waals surface area contributed by atoms with Crippen LogP contribution in [0.15, 0.2) is 59.6 Å². The number of aromatic nitrogens is 2. The normalized spacial score (nSPS) is 15.7. The zero-order valence-corrected chi connectivity index (χ0v) is 15.4. The molecule has 142 valence electrons. The van der Waals surface area contributed by atoms with Crippen LogP contribution in [0.4, 0.5) is 10.1 Å². The van der Waals surface area contributed by atoms with Gasteiger partial charge in [0.25, 0.3) is 11.6 Å². The lowest BCUT2D eigenvalue weighted by atomic mass is 10.0. The molecule has 4 rings (SSSR count). The molecule has 0 saturated carbocycles. The predicted octanol–water partition coefficient (Wildman–Crippen LogP) is 3.89. The van der Waals surface area contributed by atoms with Crippen LogP contribution in [0.5, 0.6) is 0 Å². The molecule has 1 amide bonds. The van der Waals surface area contributed by atoms with Crippen LogP contribution in [0.3, 0.4) is 0 Å². The van der Waals surface area contributed by atoms with Crippen molar-refractivity contribution in [3.63, 3.8) is 0 Å². The zero-order valence-electron chi connectivity index (χ0n) is 14.5. The van der Waals surface area contributed by atoms with Crippen molar-refractivity contribution >= 4 is 23.4 Å². The Bertz CT molecular complexity index is 1070. The van der Waals surface area contributed by atoms with E-state index in [2.05, 4.69) is 10.4 Å². The number of non-ortho nitro benzene ring substituents is 1. The summed E-state index contributed by atoms with van der Waals surface area (Å²) in [5.41, 5.74) is 1.37. The molecule has 9 heteroatoms. The first kappa shape index (κ1) is 18.2. The third kappa shape index (κ3) is 3.48. The molecule has 1 unspecified atom stereocenters. The van der Waals surface area contributed by atoms with E-state index in [0.717, 1.165) is 5.56 Å². The Kier molecular flexibility index (Phi) is 4.82. The second-order valence-corrected chi connectivity index (χ2v) is 7.35. The van der Waals surface area contributed by atoms with Gasteiger partial charge in [-0.2, -0.15) is 5.10 Å². The van der Waals surface area contributed by atoms with Crippen molar-refractivity contribution < 1.29 is 14.1 Å². The molecule has 1 aliphatic heterocycles. The van der Waals surface area contributed by atoms with E-state index in [1.165, 1.54) is 40.7 Å². The second kappa shape index (κ2) is 7.43. The summed E-state index contributed by atoms with van der Waals surface area (Å²) in [6, 6.07) is 12.1. The van der Waals surface area contributed by atoms with Gasteiger partial charge in [-0.3, -0.25) is 14.9 Å². The Hall–Kier alpha value is -3.20. The van der Waals surface area contributed by atoms with E-state index in [1.807, 2.05) is 6.07 Å². The molecule has 1 atom stereocenters. The van der Waals surface area contributed by atoms with Gasteiger partial charge in [0.05, 0.1) is 16.7 Å². The van der Waals surface area contributed by atoms with E-state index < -0.39 is 4.92 Å². The molecule has 0 radical (unpaired) electrons. The molecule has 0 fully saturated rings. The van der Waals surface area contributed by atoms with Crippen molar-refractivity contribution in [2.24, 2.45) is 0 Å². The highest BCUT2D eigenvalue weighted by atomic mass is 32.2. The Morgan fingerprint density at radius 2 is 2.11 bits per heavy atom. The van der Waals surface area contributed by atoms with Crippen molar-refractivity contribution in [1.29, 1.82) is 0 Å². The smallest absolute Gasteiger partial charge is 0.272 e. The predicted molar refractivity (Wildman–Crippen MR) is 102 cm³/mol. The first-order valence-corrected chi connectivity index (χ1v) is 9.54. The van der Waals surface area contributed by atoms with Crippen molar-refractivity contribution in [2.45, 2.75) is 17.4 Å². The van der Waals surface area contributed by atoms with Gasteiger partial charge in [-0.1, -0.05) is 18.2 Å². The number of amides is 1. The maximum Gasteiger partial charge on any atom is 0.272 e. The maximum atomic E-state index is 14.0. The number of rotatable bonds is 4. The van der Waals surface area contributed by atoms with E-state index in [1.54, 1.807) is 24.4 Å². The Morgan fingerprint density at radius 1 is 1.29 bits per heavy atom. The topological polar surface area (TPSA) is 90.1 Å². The first-order valence-electron chi connectivity index (χ1n) is 8.55. The lowest BCUT2D eigenvalue weighted by molar-refractivity contribution is -0.384. The number of halogens is 1. The van der Waals surface area contributed by atoms with Gasteiger partial charge in [-0.05, 0) is 30.2 Å². The van der Waals surface area contributed by atoms with Gasteiger partial charge in [-0.15, -0.1) is 11.8 Å². The van der Waals surface area contributed by atoms with Gasteiger partial charge in [0.1, 0.15) is 5.82 Å². The van der Waals surface area contributed by atoms with Gasteiger partial charge in [-0.25, -0.2) is 9.07 Å². The molecular formula is C19H15FN4O3S. The highest BCUT2D eigenvalue weighted by Crippen LogP contribution is 2.37. The number of hydrogen-bond acceptors (Lipinski definition) is 5. The fraction of sp³-hybridized carbons (Fsp3) is 0.158. The van der Waals surface area contributed by atoms with Gasteiger partial charge in [0, 0.05) is 29.0 Å². The Balaban J connectivity index is 1.54. The highest BCUT2D eigenvalue weighted by molar-refractivity contribution is 7.99. The van der Waals surface area contributed by atoms with Crippen molar-refractivity contribution in [3.8, 4) is 5.69 Å². The number of nitrogens with one attached hydrogen (secondary N) is 1. The third-order valence-electron chi connectivity index (χ3n) is 4.46. The summed E-state index contributed by atoms with van der Waals surface area (Å²) >= 11 is 1.45. The van der Waals surface area contributed by atoms with E-state index in [0.29, 0.717) is 22.8 Å². The fourth-order valence-electron chi connectivity index (χ4n) is 3.11. The monoisotopic (exact) mass is 398 g/mol. The quantitative estimate of drug-likeness (QED) is 0.532. The van der Waals surface area contributed by atoms with Gasteiger partial charge < -0.3 is 5.32 Å². The summed E-state index contributed by atoms with van der Waals surface area (Å²) in [5.74, 6) is 0.0498. The number of benzene rings is 2. The maximum absolute atomic E-state index is 14.0. The number of carbonyl (C=O) groups is 1. The van der Waals surface area contributed by atoms with E-state index >= 15 is 0 Å². The fourth-order valence-corrected chi connectivity index (χ4v) is 4.25. The largest absolute Gasteiger partial charge is 0.344 e. The van der Waals surface area contributed by atoms with Crippen LogP contribution in [0, 0.1) is 15.9 Å². The number of nitrogens with zero attached hydrogens (tertiary/aromatic N) is 3. The second-order valence-electron chi connectivity index (χ2n) is 6.24. The summed E-state index contributed by atoms with van der Waals surface area (Å²) in [7, 11) is 0. The molecular weight excluding hydrogens is 383 g/mol. The molecule has 0 aliphatic carbocycles. The first-order chi connectivity index (χ1) is 13.5. The average Bonchev–Trinajstić information content (AvgIpc) is 3.19. The van der Waals surface area contributed by atoms with Crippen LogP contribution in [-0.2, 0) is 0 Å². The summed E-state index contributed by atoms with van der Waals surface area (Å²) in [5, 5.41) is 18.1.